The molecule has 2 fully saturated rings. The van der Waals surface area contributed by atoms with Crippen LogP contribution in [0.25, 0.3) is 0 Å². The van der Waals surface area contributed by atoms with Crippen molar-refractivity contribution in [2.75, 3.05) is 62.3 Å². The summed E-state index contributed by atoms with van der Waals surface area (Å²) < 4.78 is 6.94. The lowest BCUT2D eigenvalue weighted by Crippen LogP contribution is -2.49. The number of anilines is 2. The van der Waals surface area contributed by atoms with E-state index in [0.29, 0.717) is 31.9 Å². The van der Waals surface area contributed by atoms with E-state index in [9.17, 15) is 4.79 Å². The second-order valence-corrected chi connectivity index (χ2v) is 6.43. The predicted molar refractivity (Wildman–Crippen MR) is 94.2 cm³/mol. The van der Waals surface area contributed by atoms with E-state index < -0.39 is 0 Å². The minimum Gasteiger partial charge on any atom is -0.378 e. The van der Waals surface area contributed by atoms with E-state index in [1.54, 1.807) is 24.3 Å². The lowest BCUT2D eigenvalue weighted by Gasteiger charge is -2.35. The third-order valence-electron chi connectivity index (χ3n) is 4.72. The van der Waals surface area contributed by atoms with Crippen molar-refractivity contribution in [3.8, 4) is 0 Å². The molecule has 0 aromatic carbocycles. The molecule has 0 radical (unpaired) electrons. The van der Waals surface area contributed by atoms with E-state index in [-0.39, 0.29) is 5.91 Å². The summed E-state index contributed by atoms with van der Waals surface area (Å²) >= 11 is 0. The van der Waals surface area contributed by atoms with Gasteiger partial charge in [-0.2, -0.15) is 5.10 Å². The summed E-state index contributed by atoms with van der Waals surface area (Å²) in [6.07, 6.45) is 3.44. The van der Waals surface area contributed by atoms with Gasteiger partial charge in [0.2, 0.25) is 0 Å². The van der Waals surface area contributed by atoms with Gasteiger partial charge in [0.25, 0.3) is 5.91 Å². The second kappa shape index (κ2) is 7.24. The maximum Gasteiger partial charge on any atom is 0.276 e. The van der Waals surface area contributed by atoms with Crippen molar-refractivity contribution in [3.05, 3.63) is 24.2 Å². The molecule has 2 aliphatic rings. The van der Waals surface area contributed by atoms with Crippen molar-refractivity contribution in [1.29, 1.82) is 0 Å². The number of nitrogens with zero attached hydrogens (tertiary/aromatic N) is 8. The van der Waals surface area contributed by atoms with E-state index in [4.69, 9.17) is 4.74 Å². The molecule has 0 spiro atoms. The van der Waals surface area contributed by atoms with Gasteiger partial charge in [-0.1, -0.05) is 5.21 Å². The van der Waals surface area contributed by atoms with Crippen LogP contribution in [0.15, 0.2) is 18.5 Å². The summed E-state index contributed by atoms with van der Waals surface area (Å²) in [6, 6.07) is 2.07. The third-order valence-corrected chi connectivity index (χ3v) is 4.72. The standard InChI is InChI=1S/C16H22N8O2/c1-21-12-14(18-20-21)16(25)24-4-2-23(3-5-24)15-10-13(11-17-19-15)22-6-8-26-9-7-22/h10-12H,2-9H2,1H3. The van der Waals surface area contributed by atoms with Crippen molar-refractivity contribution in [3.63, 3.8) is 0 Å². The van der Waals surface area contributed by atoms with E-state index in [2.05, 4.69) is 36.4 Å². The monoisotopic (exact) mass is 358 g/mol. The number of piperazine rings is 1. The molecule has 1 amide bonds. The van der Waals surface area contributed by atoms with Crippen LogP contribution in [0.4, 0.5) is 11.5 Å². The summed E-state index contributed by atoms with van der Waals surface area (Å²) in [6.45, 7) is 5.89. The van der Waals surface area contributed by atoms with Gasteiger partial charge in [0, 0.05) is 52.4 Å². The molecular weight excluding hydrogens is 336 g/mol. The van der Waals surface area contributed by atoms with Gasteiger partial charge >= 0.3 is 0 Å². The number of aryl methyl sites for hydroxylation is 1. The quantitative estimate of drug-likeness (QED) is 0.718. The zero-order valence-electron chi connectivity index (χ0n) is 14.8. The van der Waals surface area contributed by atoms with Crippen LogP contribution < -0.4 is 9.80 Å². The van der Waals surface area contributed by atoms with Gasteiger partial charge in [-0.25, -0.2) is 0 Å². The number of carbonyl (C=O) groups excluding carboxylic acids is 1. The highest BCUT2D eigenvalue weighted by molar-refractivity contribution is 5.92. The lowest BCUT2D eigenvalue weighted by molar-refractivity contribution is 0.0740. The average molecular weight is 358 g/mol. The molecule has 0 aliphatic carbocycles. The number of morpholine rings is 1. The molecule has 10 heteroatoms. The number of carbonyl (C=O) groups is 1. The smallest absolute Gasteiger partial charge is 0.276 e. The molecule has 2 aromatic rings. The van der Waals surface area contributed by atoms with Gasteiger partial charge in [-0.05, 0) is 0 Å². The molecule has 0 atom stereocenters. The van der Waals surface area contributed by atoms with Crippen molar-refractivity contribution in [2.45, 2.75) is 0 Å². The minimum atomic E-state index is -0.0779. The highest BCUT2D eigenvalue weighted by Gasteiger charge is 2.25. The largest absolute Gasteiger partial charge is 0.378 e. The van der Waals surface area contributed by atoms with Crippen LogP contribution in [-0.4, -0.2) is 88.5 Å². The molecule has 0 saturated carbocycles. The normalized spacial score (nSPS) is 18.3. The Kier molecular flexibility index (Phi) is 4.65. The molecule has 0 unspecified atom stereocenters. The van der Waals surface area contributed by atoms with E-state index in [1.807, 2.05) is 0 Å². The van der Waals surface area contributed by atoms with E-state index in [0.717, 1.165) is 37.8 Å². The van der Waals surface area contributed by atoms with Crippen LogP contribution in [0, 0.1) is 0 Å². The Labute approximate surface area is 151 Å². The topological polar surface area (TPSA) is 92.5 Å². The molecule has 2 aromatic heterocycles. The Morgan fingerprint density at radius 1 is 1.04 bits per heavy atom. The Bertz CT molecular complexity index is 765. The van der Waals surface area contributed by atoms with Crippen LogP contribution in [0.5, 0.6) is 0 Å². The second-order valence-electron chi connectivity index (χ2n) is 6.43. The Morgan fingerprint density at radius 2 is 1.81 bits per heavy atom. The minimum absolute atomic E-state index is 0.0779. The van der Waals surface area contributed by atoms with Gasteiger partial charge in [-0.3, -0.25) is 9.48 Å². The zero-order valence-corrected chi connectivity index (χ0v) is 14.8. The number of amides is 1. The first-order chi connectivity index (χ1) is 12.7. The molecule has 138 valence electrons. The van der Waals surface area contributed by atoms with Gasteiger partial charge < -0.3 is 19.4 Å². The van der Waals surface area contributed by atoms with Gasteiger partial charge in [0.15, 0.2) is 11.5 Å². The molecule has 0 bridgehead atoms. The summed E-state index contributed by atoms with van der Waals surface area (Å²) in [5.74, 6) is 0.770. The van der Waals surface area contributed by atoms with E-state index in [1.165, 1.54) is 4.68 Å². The highest BCUT2D eigenvalue weighted by atomic mass is 16.5. The molecule has 4 heterocycles. The van der Waals surface area contributed by atoms with Crippen LogP contribution in [0.1, 0.15) is 10.5 Å². The maximum atomic E-state index is 12.5. The summed E-state index contributed by atoms with van der Waals surface area (Å²) in [5.41, 5.74) is 1.45. The molecule has 26 heavy (non-hydrogen) atoms. The van der Waals surface area contributed by atoms with Crippen molar-refractivity contribution < 1.29 is 9.53 Å². The summed E-state index contributed by atoms with van der Waals surface area (Å²) in [7, 11) is 1.75. The van der Waals surface area contributed by atoms with Gasteiger partial charge in [0.1, 0.15) is 0 Å². The van der Waals surface area contributed by atoms with Gasteiger partial charge in [0.05, 0.1) is 31.3 Å². The zero-order chi connectivity index (χ0) is 17.9. The molecule has 0 N–H and O–H groups in total. The number of hydrogen-bond acceptors (Lipinski definition) is 8. The fraction of sp³-hybridized carbons (Fsp3) is 0.562. The molecule has 2 aliphatic heterocycles. The van der Waals surface area contributed by atoms with E-state index >= 15 is 0 Å². The first kappa shape index (κ1) is 16.7. The highest BCUT2D eigenvalue weighted by Crippen LogP contribution is 2.21. The summed E-state index contributed by atoms with van der Waals surface area (Å²) in [4.78, 5) is 18.7. The van der Waals surface area contributed by atoms with Crippen LogP contribution in [0.3, 0.4) is 0 Å². The maximum absolute atomic E-state index is 12.5. The Hall–Kier alpha value is -2.75. The van der Waals surface area contributed by atoms with Gasteiger partial charge in [-0.15, -0.1) is 10.2 Å². The molecule has 2 saturated heterocycles. The van der Waals surface area contributed by atoms with Crippen LogP contribution in [-0.2, 0) is 11.8 Å². The number of aromatic nitrogens is 5. The molecule has 4 rings (SSSR count). The number of ether oxygens (including phenoxy) is 1. The Morgan fingerprint density at radius 3 is 2.50 bits per heavy atom. The molecular formula is C16H22N8O2. The van der Waals surface area contributed by atoms with Crippen molar-refractivity contribution in [1.82, 2.24) is 30.1 Å². The average Bonchev–Trinajstić information content (AvgIpc) is 3.15. The van der Waals surface area contributed by atoms with Crippen molar-refractivity contribution in [2.24, 2.45) is 7.05 Å². The summed E-state index contributed by atoms with van der Waals surface area (Å²) in [5, 5.41) is 16.2. The third kappa shape index (κ3) is 3.45. The lowest BCUT2D eigenvalue weighted by atomic mass is 10.2. The van der Waals surface area contributed by atoms with Crippen LogP contribution in [0.2, 0.25) is 0 Å². The number of hydrogen-bond donors (Lipinski definition) is 0. The SMILES string of the molecule is Cn1cc(C(=O)N2CCN(c3cc(N4CCOCC4)cnn3)CC2)nn1. The fourth-order valence-corrected chi connectivity index (χ4v) is 3.24. The first-order valence-corrected chi connectivity index (χ1v) is 8.77. The van der Waals surface area contributed by atoms with Crippen LogP contribution >= 0.6 is 0 Å². The first-order valence-electron chi connectivity index (χ1n) is 8.77. The predicted octanol–water partition coefficient (Wildman–Crippen LogP) is -0.596. The van der Waals surface area contributed by atoms with Crippen molar-refractivity contribution >= 4 is 17.4 Å². The Balaban J connectivity index is 1.39. The molecule has 10 nitrogen and oxygen atoms in total. The fourth-order valence-electron chi connectivity index (χ4n) is 3.24. The number of rotatable bonds is 3.